The summed E-state index contributed by atoms with van der Waals surface area (Å²) in [5.74, 6) is 0.645. The van der Waals surface area contributed by atoms with Gasteiger partial charge in [0, 0.05) is 22.0 Å². The lowest BCUT2D eigenvalue weighted by Gasteiger charge is -2.42. The average molecular weight is 449 g/mol. The number of ketones is 2. The van der Waals surface area contributed by atoms with E-state index in [1.165, 1.54) is 22.3 Å². The van der Waals surface area contributed by atoms with Crippen LogP contribution in [0.2, 0.25) is 0 Å². The summed E-state index contributed by atoms with van der Waals surface area (Å²) in [5, 5.41) is 22.4. The fourth-order valence-corrected chi connectivity index (χ4v) is 8.34. The van der Waals surface area contributed by atoms with Crippen LogP contribution in [-0.4, -0.2) is 33.0 Å². The van der Waals surface area contributed by atoms with Crippen LogP contribution in [0.25, 0.3) is 0 Å². The van der Waals surface area contributed by atoms with Crippen molar-refractivity contribution < 1.29 is 19.8 Å². The number of hydrogen-bond acceptors (Lipinski definition) is 4. The third-order valence-electron chi connectivity index (χ3n) is 10.9. The van der Waals surface area contributed by atoms with E-state index >= 15 is 0 Å². The molecule has 0 heterocycles. The van der Waals surface area contributed by atoms with Gasteiger partial charge in [-0.2, -0.15) is 0 Å². The van der Waals surface area contributed by atoms with Crippen LogP contribution in [0.5, 0.6) is 0 Å². The Balaban J connectivity index is 1.42. The summed E-state index contributed by atoms with van der Waals surface area (Å²) in [6.07, 6.45) is 8.55. The molecule has 0 saturated heterocycles. The lowest BCUT2D eigenvalue weighted by Crippen LogP contribution is -2.50. The second-order valence-electron chi connectivity index (χ2n) is 12.4. The zero-order chi connectivity index (χ0) is 23.9. The van der Waals surface area contributed by atoms with Crippen LogP contribution in [0, 0.1) is 34.5 Å². The van der Waals surface area contributed by atoms with Gasteiger partial charge in [0.25, 0.3) is 0 Å². The lowest BCUT2D eigenvalue weighted by molar-refractivity contribution is -0.138. The normalized spacial score (nSPS) is 44.4. The molecule has 4 unspecified atom stereocenters. The number of Topliss-reactive ketones (excluding diaryl/α,β-unsaturated/α-hetero) is 2. The van der Waals surface area contributed by atoms with Crippen LogP contribution in [0.1, 0.15) is 73.6 Å². The Morgan fingerprint density at radius 2 is 1.09 bits per heavy atom. The minimum absolute atomic E-state index is 0.107. The van der Waals surface area contributed by atoms with Crippen LogP contribution < -0.4 is 0 Å². The highest BCUT2D eigenvalue weighted by atomic mass is 16.3. The van der Waals surface area contributed by atoms with Crippen LogP contribution in [0.4, 0.5) is 0 Å². The predicted molar refractivity (Wildman–Crippen MR) is 126 cm³/mol. The van der Waals surface area contributed by atoms with E-state index in [1.54, 1.807) is 13.8 Å². The number of aliphatic hydroxyl groups is 2. The van der Waals surface area contributed by atoms with Gasteiger partial charge < -0.3 is 10.2 Å². The van der Waals surface area contributed by atoms with E-state index in [1.807, 2.05) is 0 Å². The number of hydrogen-bond donors (Lipinski definition) is 2. The standard InChI is InChI=1S/C29H36O4/c1-14-11-20-22(16(3)28(7-8-28)26(5,32)24(20)30)18(14)13-19-15(2)12-21-23(19)17(4)29(9-10-29)27(6,33)25(21)31/h11-12,14-15,18-19,32-33H,7-10,13H2,1-6H3/t14?,15?,18?,19?,26-,27-/m1/s1. The Kier molecular flexibility index (Phi) is 3.99. The van der Waals surface area contributed by atoms with Crippen molar-refractivity contribution >= 4 is 11.6 Å². The van der Waals surface area contributed by atoms with Gasteiger partial charge in [0.05, 0.1) is 0 Å². The molecule has 4 nitrogen and oxygen atoms in total. The van der Waals surface area contributed by atoms with Crippen molar-refractivity contribution in [3.63, 3.8) is 0 Å². The molecule has 0 radical (unpaired) electrons. The van der Waals surface area contributed by atoms with E-state index in [2.05, 4.69) is 39.8 Å². The number of fused-ring (bicyclic) bond motifs is 2. The Labute approximate surface area is 196 Å². The van der Waals surface area contributed by atoms with Crippen molar-refractivity contribution in [2.24, 2.45) is 34.5 Å². The molecule has 6 aliphatic rings. The summed E-state index contributed by atoms with van der Waals surface area (Å²) in [7, 11) is 0. The molecule has 6 atom stereocenters. The van der Waals surface area contributed by atoms with E-state index in [0.29, 0.717) is 0 Å². The van der Waals surface area contributed by atoms with Crippen molar-refractivity contribution in [1.82, 2.24) is 0 Å². The molecule has 0 aromatic rings. The minimum Gasteiger partial charge on any atom is -0.381 e. The summed E-state index contributed by atoms with van der Waals surface area (Å²) >= 11 is 0. The third-order valence-corrected chi connectivity index (χ3v) is 10.9. The topological polar surface area (TPSA) is 74.6 Å². The first-order chi connectivity index (χ1) is 15.3. The highest BCUT2D eigenvalue weighted by Crippen LogP contribution is 2.68. The predicted octanol–water partition coefficient (Wildman–Crippen LogP) is 4.62. The highest BCUT2D eigenvalue weighted by Gasteiger charge is 2.67. The number of allylic oxidation sites excluding steroid dienone is 4. The van der Waals surface area contributed by atoms with Crippen LogP contribution in [0.3, 0.4) is 0 Å². The second-order valence-corrected chi connectivity index (χ2v) is 12.4. The number of carbonyl (C=O) groups excluding carboxylic acids is 2. The SMILES string of the molecule is CC1=C2C(=CC(C)C2CC2C3=C(C)C4(CC4)[C@](C)(O)C(=O)C3=CC2C)C(=O)[C@@](C)(O)C12CC2. The molecule has 6 aliphatic carbocycles. The summed E-state index contributed by atoms with van der Waals surface area (Å²) in [4.78, 5) is 26.7. The summed E-state index contributed by atoms with van der Waals surface area (Å²) < 4.78 is 0. The third kappa shape index (κ3) is 2.30. The Bertz CT molecular complexity index is 1060. The van der Waals surface area contributed by atoms with Gasteiger partial charge in [0.2, 0.25) is 0 Å². The first-order valence-electron chi connectivity index (χ1n) is 12.7. The zero-order valence-corrected chi connectivity index (χ0v) is 20.7. The van der Waals surface area contributed by atoms with E-state index in [-0.39, 0.29) is 35.2 Å². The molecule has 2 N–H and O–H groups in total. The molecule has 0 aliphatic heterocycles. The molecular weight excluding hydrogens is 412 g/mol. The first-order valence-corrected chi connectivity index (χ1v) is 12.7. The molecule has 176 valence electrons. The second kappa shape index (κ2) is 6.07. The minimum atomic E-state index is -1.31. The zero-order valence-electron chi connectivity index (χ0n) is 20.7. The maximum absolute atomic E-state index is 13.4. The maximum Gasteiger partial charge on any atom is 0.194 e. The van der Waals surface area contributed by atoms with Gasteiger partial charge in [-0.3, -0.25) is 9.59 Å². The Morgan fingerprint density at radius 3 is 1.39 bits per heavy atom. The van der Waals surface area contributed by atoms with Gasteiger partial charge >= 0.3 is 0 Å². The first kappa shape index (κ1) is 21.7. The quantitative estimate of drug-likeness (QED) is 0.646. The fourth-order valence-electron chi connectivity index (χ4n) is 8.34. The summed E-state index contributed by atoms with van der Waals surface area (Å²) in [6, 6.07) is 0. The van der Waals surface area contributed by atoms with Crippen LogP contribution in [0.15, 0.2) is 45.6 Å². The number of rotatable bonds is 2. The van der Waals surface area contributed by atoms with E-state index < -0.39 is 22.0 Å². The fraction of sp³-hybridized carbons (Fsp3) is 0.655. The van der Waals surface area contributed by atoms with Crippen LogP contribution in [-0.2, 0) is 9.59 Å². The molecular formula is C29H36O4. The van der Waals surface area contributed by atoms with Crippen molar-refractivity contribution in [2.75, 3.05) is 0 Å². The van der Waals surface area contributed by atoms with E-state index in [0.717, 1.165) is 43.3 Å². The van der Waals surface area contributed by atoms with Crippen LogP contribution >= 0.6 is 0 Å². The molecule has 6 rings (SSSR count). The Hall–Kier alpha value is -1.78. The summed E-state index contributed by atoms with van der Waals surface area (Å²) in [6.45, 7) is 12.1. The molecule has 2 saturated carbocycles. The van der Waals surface area contributed by atoms with Gasteiger partial charge in [-0.25, -0.2) is 0 Å². The largest absolute Gasteiger partial charge is 0.381 e. The van der Waals surface area contributed by atoms with Gasteiger partial charge in [0.1, 0.15) is 11.2 Å². The monoisotopic (exact) mass is 448 g/mol. The van der Waals surface area contributed by atoms with E-state index in [4.69, 9.17) is 0 Å². The Morgan fingerprint density at radius 1 is 0.758 bits per heavy atom. The van der Waals surface area contributed by atoms with Gasteiger partial charge in [-0.1, -0.05) is 37.1 Å². The lowest BCUT2D eigenvalue weighted by atomic mass is 9.63. The molecule has 0 amide bonds. The summed E-state index contributed by atoms with van der Waals surface area (Å²) in [5.41, 5.74) is 2.82. The smallest absolute Gasteiger partial charge is 0.194 e. The molecule has 0 aromatic carbocycles. The molecule has 4 heteroatoms. The molecule has 0 bridgehead atoms. The van der Waals surface area contributed by atoms with E-state index in [9.17, 15) is 19.8 Å². The average Bonchev–Trinajstić information content (AvgIpc) is 3.65. The molecule has 2 fully saturated rings. The van der Waals surface area contributed by atoms with Gasteiger partial charge in [0.15, 0.2) is 11.6 Å². The van der Waals surface area contributed by atoms with Gasteiger partial charge in [-0.15, -0.1) is 0 Å². The molecule has 0 aromatic heterocycles. The van der Waals surface area contributed by atoms with Gasteiger partial charge in [-0.05, 0) is 94.6 Å². The van der Waals surface area contributed by atoms with Crippen molar-refractivity contribution in [2.45, 2.75) is 84.8 Å². The molecule has 33 heavy (non-hydrogen) atoms. The highest BCUT2D eigenvalue weighted by molar-refractivity contribution is 6.10. The maximum atomic E-state index is 13.4. The number of carbonyl (C=O) groups is 2. The van der Waals surface area contributed by atoms with Crippen molar-refractivity contribution in [1.29, 1.82) is 0 Å². The van der Waals surface area contributed by atoms with Crippen molar-refractivity contribution in [3.05, 3.63) is 45.6 Å². The molecule has 2 spiro atoms. The van der Waals surface area contributed by atoms with Crippen molar-refractivity contribution in [3.8, 4) is 0 Å².